The highest BCUT2D eigenvalue weighted by atomic mass is 32.1. The molecule has 3 aromatic heterocycles. The molecule has 0 aliphatic heterocycles. The summed E-state index contributed by atoms with van der Waals surface area (Å²) < 4.78 is 5.00. The van der Waals surface area contributed by atoms with Crippen LogP contribution in [0.25, 0.3) is 96.8 Å². The van der Waals surface area contributed by atoms with Gasteiger partial charge >= 0.3 is 0 Å². The zero-order valence-electron chi connectivity index (χ0n) is 26.7. The van der Waals surface area contributed by atoms with Gasteiger partial charge < -0.3 is 0 Å². The van der Waals surface area contributed by atoms with Crippen molar-refractivity contribution >= 4 is 63.0 Å². The highest BCUT2D eigenvalue weighted by Crippen LogP contribution is 2.38. The Morgan fingerprint density at radius 3 is 1.18 bits per heavy atom. The molecule has 3 heterocycles. The molecule has 234 valence electrons. The summed E-state index contributed by atoms with van der Waals surface area (Å²) in [6.45, 7) is 0. The van der Waals surface area contributed by atoms with E-state index in [2.05, 4.69) is 164 Å². The minimum atomic E-state index is 0.652. The van der Waals surface area contributed by atoms with E-state index in [0.717, 1.165) is 27.8 Å². The first-order chi connectivity index (χ1) is 24.7. The standard InChI is InChI=1S/C45H27N3S2/c1-2-10-28(11-3-1)29-12-8-13-30(24-29)31-14-9-15-32(25-31)43-46-44(33-20-22-37-35-16-4-6-18-39(35)49-41(37)26-33)48-45(47-43)34-21-23-38-36-17-5-7-19-40(36)50-42(38)27-34/h1-27H. The number of hydrogen-bond acceptors (Lipinski definition) is 5. The highest BCUT2D eigenvalue weighted by molar-refractivity contribution is 7.26. The van der Waals surface area contributed by atoms with Gasteiger partial charge in [-0.05, 0) is 58.7 Å². The SMILES string of the molecule is c1ccc(-c2cccc(-c3cccc(-c4nc(-c5ccc6c(c5)sc5ccccc56)nc(-c5ccc6c(c5)sc5ccccc56)n4)c3)c2)cc1. The molecule has 3 nitrogen and oxygen atoms in total. The van der Waals surface area contributed by atoms with Crippen LogP contribution in [0, 0.1) is 0 Å². The first kappa shape index (κ1) is 29.0. The first-order valence-corrected chi connectivity index (χ1v) is 18.2. The molecular weight excluding hydrogens is 647 g/mol. The fraction of sp³-hybridized carbons (Fsp3) is 0. The van der Waals surface area contributed by atoms with Gasteiger partial charge in [0.15, 0.2) is 17.5 Å². The van der Waals surface area contributed by atoms with Crippen LogP contribution in [0.1, 0.15) is 0 Å². The molecule has 0 aliphatic rings. The summed E-state index contributed by atoms with van der Waals surface area (Å²) >= 11 is 3.61. The van der Waals surface area contributed by atoms with Crippen LogP contribution >= 0.6 is 22.7 Å². The lowest BCUT2D eigenvalue weighted by Crippen LogP contribution is -2.00. The summed E-state index contributed by atoms with van der Waals surface area (Å²) in [6, 6.07) is 58.1. The minimum Gasteiger partial charge on any atom is -0.208 e. The van der Waals surface area contributed by atoms with E-state index in [-0.39, 0.29) is 0 Å². The van der Waals surface area contributed by atoms with E-state index < -0.39 is 0 Å². The minimum absolute atomic E-state index is 0.652. The topological polar surface area (TPSA) is 38.7 Å². The van der Waals surface area contributed by atoms with Crippen LogP contribution in [0.4, 0.5) is 0 Å². The summed E-state index contributed by atoms with van der Waals surface area (Å²) in [5.41, 5.74) is 7.54. The monoisotopic (exact) mass is 673 g/mol. The number of rotatable bonds is 5. The van der Waals surface area contributed by atoms with Gasteiger partial charge in [0.25, 0.3) is 0 Å². The van der Waals surface area contributed by atoms with E-state index in [0.29, 0.717) is 17.5 Å². The van der Waals surface area contributed by atoms with Gasteiger partial charge in [-0.2, -0.15) is 0 Å². The Morgan fingerprint density at radius 2 is 0.640 bits per heavy atom. The lowest BCUT2D eigenvalue weighted by Gasteiger charge is -2.11. The van der Waals surface area contributed by atoms with Crippen molar-refractivity contribution in [3.8, 4) is 56.4 Å². The average Bonchev–Trinajstić information content (AvgIpc) is 3.76. The zero-order chi connectivity index (χ0) is 33.0. The maximum atomic E-state index is 5.14. The molecule has 0 unspecified atom stereocenters. The molecule has 0 spiro atoms. The third kappa shape index (κ3) is 5.07. The van der Waals surface area contributed by atoms with Crippen LogP contribution in [0.3, 0.4) is 0 Å². The Bertz CT molecular complexity index is 2750. The van der Waals surface area contributed by atoms with E-state index >= 15 is 0 Å². The van der Waals surface area contributed by atoms with E-state index in [1.54, 1.807) is 22.7 Å². The maximum Gasteiger partial charge on any atom is 0.164 e. The van der Waals surface area contributed by atoms with Gasteiger partial charge in [0.05, 0.1) is 0 Å². The molecule has 0 amide bonds. The fourth-order valence-corrected chi connectivity index (χ4v) is 9.13. The number of nitrogens with zero attached hydrogens (tertiary/aromatic N) is 3. The molecule has 10 aromatic rings. The second kappa shape index (κ2) is 11.8. The second-order valence-corrected chi connectivity index (χ2v) is 14.6. The summed E-state index contributed by atoms with van der Waals surface area (Å²) in [7, 11) is 0. The quantitative estimate of drug-likeness (QED) is 0.182. The van der Waals surface area contributed by atoms with Crippen LogP contribution in [0.2, 0.25) is 0 Å². The van der Waals surface area contributed by atoms with Gasteiger partial charge in [-0.15, -0.1) is 22.7 Å². The molecule has 0 saturated heterocycles. The molecule has 10 rings (SSSR count). The van der Waals surface area contributed by atoms with E-state index in [9.17, 15) is 0 Å². The van der Waals surface area contributed by atoms with Gasteiger partial charge in [0.2, 0.25) is 0 Å². The van der Waals surface area contributed by atoms with E-state index in [4.69, 9.17) is 15.0 Å². The lowest BCUT2D eigenvalue weighted by molar-refractivity contribution is 1.08. The van der Waals surface area contributed by atoms with E-state index in [1.807, 2.05) is 0 Å². The summed E-state index contributed by atoms with van der Waals surface area (Å²) in [6.07, 6.45) is 0. The van der Waals surface area contributed by atoms with Crippen molar-refractivity contribution in [1.82, 2.24) is 15.0 Å². The number of aromatic nitrogens is 3. The third-order valence-corrected chi connectivity index (χ3v) is 11.6. The highest BCUT2D eigenvalue weighted by Gasteiger charge is 2.16. The van der Waals surface area contributed by atoms with Crippen molar-refractivity contribution in [2.75, 3.05) is 0 Å². The third-order valence-electron chi connectivity index (χ3n) is 9.33. The lowest BCUT2D eigenvalue weighted by atomic mass is 9.98. The van der Waals surface area contributed by atoms with Crippen LogP contribution in [0.15, 0.2) is 164 Å². The molecule has 5 heteroatoms. The number of fused-ring (bicyclic) bond motifs is 6. The number of thiophene rings is 2. The predicted octanol–water partition coefficient (Wildman–Crippen LogP) is 12.9. The molecule has 0 N–H and O–H groups in total. The molecule has 0 radical (unpaired) electrons. The van der Waals surface area contributed by atoms with Crippen LogP contribution < -0.4 is 0 Å². The number of benzene rings is 7. The normalized spacial score (nSPS) is 11.6. The van der Waals surface area contributed by atoms with Gasteiger partial charge in [-0.3, -0.25) is 0 Å². The summed E-state index contributed by atoms with van der Waals surface area (Å²) in [5, 5.41) is 5.07. The fourth-order valence-electron chi connectivity index (χ4n) is 6.84. The predicted molar refractivity (Wildman–Crippen MR) is 213 cm³/mol. The van der Waals surface area contributed by atoms with Crippen molar-refractivity contribution in [1.29, 1.82) is 0 Å². The zero-order valence-corrected chi connectivity index (χ0v) is 28.4. The maximum absolute atomic E-state index is 5.14. The number of hydrogen-bond donors (Lipinski definition) is 0. The second-order valence-electron chi connectivity index (χ2n) is 12.5. The molecule has 7 aromatic carbocycles. The Labute approximate surface area is 296 Å². The average molecular weight is 674 g/mol. The Balaban J connectivity index is 1.13. The molecule has 50 heavy (non-hydrogen) atoms. The van der Waals surface area contributed by atoms with Crippen molar-refractivity contribution < 1.29 is 0 Å². The van der Waals surface area contributed by atoms with Crippen molar-refractivity contribution in [2.24, 2.45) is 0 Å². The van der Waals surface area contributed by atoms with Gasteiger partial charge in [0.1, 0.15) is 0 Å². The van der Waals surface area contributed by atoms with E-state index in [1.165, 1.54) is 51.5 Å². The summed E-state index contributed by atoms with van der Waals surface area (Å²) in [5.74, 6) is 1.98. The van der Waals surface area contributed by atoms with Crippen molar-refractivity contribution in [3.63, 3.8) is 0 Å². The summed E-state index contributed by atoms with van der Waals surface area (Å²) in [4.78, 5) is 15.4. The Kier molecular flexibility index (Phi) is 6.86. The van der Waals surface area contributed by atoms with Crippen LogP contribution in [-0.2, 0) is 0 Å². The first-order valence-electron chi connectivity index (χ1n) is 16.6. The van der Waals surface area contributed by atoms with Crippen LogP contribution in [0.5, 0.6) is 0 Å². The molecular formula is C45H27N3S2. The molecule has 0 fully saturated rings. The molecule has 0 aliphatic carbocycles. The molecule has 0 saturated carbocycles. The smallest absolute Gasteiger partial charge is 0.164 e. The van der Waals surface area contributed by atoms with Gasteiger partial charge in [-0.1, -0.05) is 127 Å². The van der Waals surface area contributed by atoms with Crippen molar-refractivity contribution in [2.45, 2.75) is 0 Å². The molecule has 0 atom stereocenters. The van der Waals surface area contributed by atoms with Gasteiger partial charge in [0, 0.05) is 57.0 Å². The largest absolute Gasteiger partial charge is 0.208 e. The van der Waals surface area contributed by atoms with Crippen molar-refractivity contribution in [3.05, 3.63) is 164 Å². The Hall–Kier alpha value is -6.01. The molecule has 0 bridgehead atoms. The van der Waals surface area contributed by atoms with Crippen LogP contribution in [-0.4, -0.2) is 15.0 Å². The van der Waals surface area contributed by atoms with Gasteiger partial charge in [-0.25, -0.2) is 15.0 Å². The Morgan fingerprint density at radius 1 is 0.260 bits per heavy atom.